The molecule has 10 heteroatoms. The zero-order chi connectivity index (χ0) is 27.0. The van der Waals surface area contributed by atoms with Gasteiger partial charge in [0.05, 0.1) is 17.0 Å². The minimum atomic E-state index is -3.67. The molecule has 36 heavy (non-hydrogen) atoms. The molecule has 0 spiro atoms. The molecule has 1 atom stereocenters. The SMILES string of the molecule is Cc1ccc(CN(C(=O)CCCN(c2cc(Cl)ccc2Cl)S(C)(=O)=O)[C@@H](C)C(=O)NCC(C)C)cc1. The normalized spacial score (nSPS) is 12.3. The highest BCUT2D eigenvalue weighted by Crippen LogP contribution is 2.31. The van der Waals surface area contributed by atoms with E-state index in [1.807, 2.05) is 45.0 Å². The summed E-state index contributed by atoms with van der Waals surface area (Å²) in [4.78, 5) is 27.6. The Morgan fingerprint density at radius 1 is 1.03 bits per heavy atom. The number of hydrogen-bond acceptors (Lipinski definition) is 4. The molecule has 0 aliphatic carbocycles. The molecule has 2 rings (SSSR count). The van der Waals surface area contributed by atoms with Crippen LogP contribution in [0.1, 0.15) is 44.7 Å². The number of nitrogens with zero attached hydrogens (tertiary/aromatic N) is 2. The first-order valence-corrected chi connectivity index (χ1v) is 14.5. The van der Waals surface area contributed by atoms with Crippen molar-refractivity contribution in [2.24, 2.45) is 5.92 Å². The monoisotopic (exact) mass is 555 g/mol. The Hall–Kier alpha value is -2.29. The summed E-state index contributed by atoms with van der Waals surface area (Å²) < 4.78 is 26.1. The van der Waals surface area contributed by atoms with Gasteiger partial charge >= 0.3 is 0 Å². The zero-order valence-corrected chi connectivity index (χ0v) is 23.8. The molecule has 0 heterocycles. The summed E-state index contributed by atoms with van der Waals surface area (Å²) in [6, 6.07) is 11.7. The van der Waals surface area contributed by atoms with Crippen molar-refractivity contribution >= 4 is 50.7 Å². The van der Waals surface area contributed by atoms with Gasteiger partial charge in [-0.3, -0.25) is 13.9 Å². The maximum absolute atomic E-state index is 13.3. The average molecular weight is 557 g/mol. The smallest absolute Gasteiger partial charge is 0.242 e. The molecule has 2 aromatic rings. The molecule has 0 saturated heterocycles. The quantitative estimate of drug-likeness (QED) is 0.397. The van der Waals surface area contributed by atoms with Crippen LogP contribution in [0.3, 0.4) is 0 Å². The number of anilines is 1. The van der Waals surface area contributed by atoms with Crippen molar-refractivity contribution in [2.45, 2.75) is 53.1 Å². The fraction of sp³-hybridized carbons (Fsp3) is 0.462. The molecule has 0 fully saturated rings. The predicted molar refractivity (Wildman–Crippen MR) is 147 cm³/mol. The van der Waals surface area contributed by atoms with Gasteiger partial charge in [-0.05, 0) is 49.9 Å². The maximum Gasteiger partial charge on any atom is 0.242 e. The van der Waals surface area contributed by atoms with Gasteiger partial charge < -0.3 is 10.2 Å². The first kappa shape index (κ1) is 29.9. The number of aryl methyl sites for hydroxylation is 1. The van der Waals surface area contributed by atoms with Gasteiger partial charge in [0.1, 0.15) is 6.04 Å². The second-order valence-corrected chi connectivity index (χ2v) is 12.1. The lowest BCUT2D eigenvalue weighted by atomic mass is 10.1. The number of rotatable bonds is 12. The van der Waals surface area contributed by atoms with E-state index in [1.54, 1.807) is 13.0 Å². The molecular weight excluding hydrogens is 521 g/mol. The highest BCUT2D eigenvalue weighted by Gasteiger charge is 2.27. The molecule has 0 unspecified atom stereocenters. The molecule has 0 aliphatic heterocycles. The van der Waals surface area contributed by atoms with E-state index in [0.717, 1.165) is 21.7 Å². The van der Waals surface area contributed by atoms with Crippen LogP contribution in [0.2, 0.25) is 10.0 Å². The van der Waals surface area contributed by atoms with Gasteiger partial charge in [-0.2, -0.15) is 0 Å². The van der Waals surface area contributed by atoms with E-state index in [4.69, 9.17) is 23.2 Å². The van der Waals surface area contributed by atoms with Crippen molar-refractivity contribution in [3.05, 3.63) is 63.6 Å². The third-order valence-electron chi connectivity index (χ3n) is 5.65. The lowest BCUT2D eigenvalue weighted by Gasteiger charge is -2.30. The van der Waals surface area contributed by atoms with Crippen LogP contribution in [0.25, 0.3) is 0 Å². The summed E-state index contributed by atoms with van der Waals surface area (Å²) in [6.07, 6.45) is 1.37. The molecule has 0 saturated carbocycles. The van der Waals surface area contributed by atoms with E-state index in [0.29, 0.717) is 11.6 Å². The van der Waals surface area contributed by atoms with Crippen molar-refractivity contribution in [1.82, 2.24) is 10.2 Å². The Kier molecular flexibility index (Phi) is 11.1. The second-order valence-electron chi connectivity index (χ2n) is 9.36. The van der Waals surface area contributed by atoms with Crippen LogP contribution in [-0.2, 0) is 26.2 Å². The Bertz CT molecular complexity index is 1150. The van der Waals surface area contributed by atoms with E-state index in [-0.39, 0.29) is 54.4 Å². The summed E-state index contributed by atoms with van der Waals surface area (Å²) in [5, 5.41) is 3.49. The molecule has 0 aliphatic rings. The topological polar surface area (TPSA) is 86.8 Å². The molecule has 2 aromatic carbocycles. The van der Waals surface area contributed by atoms with Crippen molar-refractivity contribution in [3.63, 3.8) is 0 Å². The van der Waals surface area contributed by atoms with E-state index in [2.05, 4.69) is 5.32 Å². The minimum absolute atomic E-state index is 0.0386. The lowest BCUT2D eigenvalue weighted by Crippen LogP contribution is -2.48. The first-order chi connectivity index (χ1) is 16.8. The fourth-order valence-electron chi connectivity index (χ4n) is 3.58. The molecule has 0 aromatic heterocycles. The highest BCUT2D eigenvalue weighted by molar-refractivity contribution is 7.92. The van der Waals surface area contributed by atoms with Gasteiger partial charge in [0.2, 0.25) is 21.8 Å². The second kappa shape index (κ2) is 13.3. The van der Waals surface area contributed by atoms with Crippen LogP contribution in [0.15, 0.2) is 42.5 Å². The molecule has 7 nitrogen and oxygen atoms in total. The summed E-state index contributed by atoms with van der Waals surface area (Å²) in [5.41, 5.74) is 2.26. The van der Waals surface area contributed by atoms with E-state index >= 15 is 0 Å². The average Bonchev–Trinajstić information content (AvgIpc) is 2.80. The molecule has 2 amide bonds. The maximum atomic E-state index is 13.3. The van der Waals surface area contributed by atoms with Crippen LogP contribution in [0, 0.1) is 12.8 Å². The lowest BCUT2D eigenvalue weighted by molar-refractivity contribution is -0.140. The molecular formula is C26H35Cl2N3O4S. The third kappa shape index (κ3) is 8.98. The number of hydrogen-bond donors (Lipinski definition) is 1. The first-order valence-electron chi connectivity index (χ1n) is 11.8. The standard InChI is InChI=1S/C26H35Cl2N3O4S/c1-18(2)16-29-26(33)20(4)30(17-21-10-8-19(3)9-11-21)25(32)7-6-14-31(36(5,34)35)24-15-22(27)12-13-23(24)28/h8-13,15,18,20H,6-7,14,16-17H2,1-5H3,(H,29,33)/t20-/m0/s1. The van der Waals surface area contributed by atoms with Crippen molar-refractivity contribution < 1.29 is 18.0 Å². The molecule has 0 bridgehead atoms. The van der Waals surface area contributed by atoms with Crippen molar-refractivity contribution in [2.75, 3.05) is 23.7 Å². The summed E-state index contributed by atoms with van der Waals surface area (Å²) in [7, 11) is -3.67. The Morgan fingerprint density at radius 3 is 2.25 bits per heavy atom. The summed E-state index contributed by atoms with van der Waals surface area (Å²) >= 11 is 12.3. The van der Waals surface area contributed by atoms with E-state index in [1.165, 1.54) is 17.0 Å². The number of amides is 2. The minimum Gasteiger partial charge on any atom is -0.354 e. The van der Waals surface area contributed by atoms with Gasteiger partial charge in [0.25, 0.3) is 0 Å². The highest BCUT2D eigenvalue weighted by atomic mass is 35.5. The Balaban J connectivity index is 2.18. The summed E-state index contributed by atoms with van der Waals surface area (Å²) in [6.45, 7) is 8.51. The van der Waals surface area contributed by atoms with Crippen LogP contribution >= 0.6 is 23.2 Å². The van der Waals surface area contributed by atoms with Crippen LogP contribution in [-0.4, -0.2) is 50.5 Å². The van der Waals surface area contributed by atoms with Crippen LogP contribution < -0.4 is 9.62 Å². The van der Waals surface area contributed by atoms with E-state index < -0.39 is 16.1 Å². The number of sulfonamides is 1. The van der Waals surface area contributed by atoms with Crippen molar-refractivity contribution in [1.29, 1.82) is 0 Å². The number of halogens is 2. The fourth-order valence-corrected chi connectivity index (χ4v) is 4.99. The number of nitrogens with one attached hydrogen (secondary N) is 1. The number of benzene rings is 2. The molecule has 0 radical (unpaired) electrons. The third-order valence-corrected chi connectivity index (χ3v) is 7.39. The van der Waals surface area contributed by atoms with Gasteiger partial charge in [-0.25, -0.2) is 8.42 Å². The molecule has 1 N–H and O–H groups in total. The van der Waals surface area contributed by atoms with Crippen LogP contribution in [0.5, 0.6) is 0 Å². The van der Waals surface area contributed by atoms with Gasteiger partial charge in [0, 0.05) is 31.1 Å². The van der Waals surface area contributed by atoms with Gasteiger partial charge in [-0.1, -0.05) is 66.9 Å². The Labute approximate surface area is 224 Å². The summed E-state index contributed by atoms with van der Waals surface area (Å²) in [5.74, 6) is -0.191. The Morgan fingerprint density at radius 2 is 1.67 bits per heavy atom. The van der Waals surface area contributed by atoms with E-state index in [9.17, 15) is 18.0 Å². The number of carbonyl (C=O) groups is 2. The van der Waals surface area contributed by atoms with Gasteiger partial charge in [-0.15, -0.1) is 0 Å². The van der Waals surface area contributed by atoms with Crippen molar-refractivity contribution in [3.8, 4) is 0 Å². The van der Waals surface area contributed by atoms with Crippen LogP contribution in [0.4, 0.5) is 5.69 Å². The zero-order valence-electron chi connectivity index (χ0n) is 21.4. The number of carbonyl (C=O) groups excluding carboxylic acids is 2. The molecule has 198 valence electrons. The van der Waals surface area contributed by atoms with Gasteiger partial charge in [0.15, 0.2) is 0 Å². The largest absolute Gasteiger partial charge is 0.354 e. The predicted octanol–water partition coefficient (Wildman–Crippen LogP) is 5.04.